The van der Waals surface area contributed by atoms with E-state index < -0.39 is 0 Å². The fourth-order valence-electron chi connectivity index (χ4n) is 2.91. The number of morpholine rings is 1. The Labute approximate surface area is 133 Å². The molecule has 0 bridgehead atoms. The van der Waals surface area contributed by atoms with Crippen molar-refractivity contribution in [1.29, 1.82) is 0 Å². The van der Waals surface area contributed by atoms with Crippen molar-refractivity contribution in [3.05, 3.63) is 34.3 Å². The number of halogens is 1. The van der Waals surface area contributed by atoms with Crippen LogP contribution in [0, 0.1) is 6.92 Å². The van der Waals surface area contributed by atoms with E-state index in [1.807, 2.05) is 6.07 Å². The number of ether oxygens (including phenoxy) is 1. The molecule has 2 atom stereocenters. The average Bonchev–Trinajstić information content (AvgIpc) is 2.49. The van der Waals surface area contributed by atoms with Crippen LogP contribution in [0.25, 0.3) is 0 Å². The molecule has 1 aromatic rings. The van der Waals surface area contributed by atoms with Crippen LogP contribution in [0.1, 0.15) is 25.0 Å². The van der Waals surface area contributed by atoms with E-state index in [-0.39, 0.29) is 6.10 Å². The second-order valence-corrected chi connectivity index (χ2v) is 6.17. The van der Waals surface area contributed by atoms with Crippen LogP contribution in [-0.2, 0) is 11.2 Å². The number of aryl methyl sites for hydroxylation is 1. The first kappa shape index (κ1) is 16.8. The SMILES string of the molecule is CCNC(Cc1ccc(C)cc1Cl)C1CN(CC)CCO1. The molecule has 2 rings (SSSR count). The molecule has 118 valence electrons. The first-order valence-corrected chi connectivity index (χ1v) is 8.34. The minimum Gasteiger partial charge on any atom is -0.374 e. The molecular weight excluding hydrogens is 284 g/mol. The van der Waals surface area contributed by atoms with E-state index in [0.717, 1.165) is 44.2 Å². The molecule has 2 unspecified atom stereocenters. The first-order chi connectivity index (χ1) is 10.1. The summed E-state index contributed by atoms with van der Waals surface area (Å²) in [6.07, 6.45) is 1.14. The number of nitrogens with one attached hydrogen (secondary N) is 1. The molecular formula is C17H27ClN2O. The van der Waals surface area contributed by atoms with Gasteiger partial charge < -0.3 is 10.1 Å². The molecule has 0 radical (unpaired) electrons. The van der Waals surface area contributed by atoms with Crippen LogP contribution >= 0.6 is 11.6 Å². The highest BCUT2D eigenvalue weighted by atomic mass is 35.5. The van der Waals surface area contributed by atoms with Crippen molar-refractivity contribution in [3.63, 3.8) is 0 Å². The maximum atomic E-state index is 6.39. The number of rotatable bonds is 6. The Morgan fingerprint density at radius 2 is 2.24 bits per heavy atom. The summed E-state index contributed by atoms with van der Waals surface area (Å²) in [6.45, 7) is 11.3. The van der Waals surface area contributed by atoms with Crippen LogP contribution in [0.15, 0.2) is 18.2 Å². The molecule has 1 aliphatic rings. The fraction of sp³-hybridized carbons (Fsp3) is 0.647. The van der Waals surface area contributed by atoms with Gasteiger partial charge in [0.2, 0.25) is 0 Å². The first-order valence-electron chi connectivity index (χ1n) is 7.96. The van der Waals surface area contributed by atoms with Crippen molar-refractivity contribution in [2.45, 2.75) is 39.3 Å². The lowest BCUT2D eigenvalue weighted by Gasteiger charge is -2.37. The second-order valence-electron chi connectivity index (χ2n) is 5.77. The van der Waals surface area contributed by atoms with Gasteiger partial charge in [0, 0.05) is 24.2 Å². The van der Waals surface area contributed by atoms with Crippen LogP contribution < -0.4 is 5.32 Å². The Morgan fingerprint density at radius 3 is 2.90 bits per heavy atom. The fourth-order valence-corrected chi connectivity index (χ4v) is 3.23. The molecule has 0 spiro atoms. The van der Waals surface area contributed by atoms with Gasteiger partial charge in [0.05, 0.1) is 12.7 Å². The largest absolute Gasteiger partial charge is 0.374 e. The molecule has 1 saturated heterocycles. The van der Waals surface area contributed by atoms with Gasteiger partial charge >= 0.3 is 0 Å². The van der Waals surface area contributed by atoms with Crippen LogP contribution in [0.4, 0.5) is 0 Å². The zero-order chi connectivity index (χ0) is 15.2. The highest BCUT2D eigenvalue weighted by Gasteiger charge is 2.27. The lowest BCUT2D eigenvalue weighted by atomic mass is 9.99. The van der Waals surface area contributed by atoms with E-state index >= 15 is 0 Å². The van der Waals surface area contributed by atoms with Crippen molar-refractivity contribution >= 4 is 11.6 Å². The minimum absolute atomic E-state index is 0.232. The maximum absolute atomic E-state index is 6.39. The summed E-state index contributed by atoms with van der Waals surface area (Å²) in [6, 6.07) is 6.62. The van der Waals surface area contributed by atoms with Gasteiger partial charge in [-0.2, -0.15) is 0 Å². The van der Waals surface area contributed by atoms with Gasteiger partial charge in [0.1, 0.15) is 0 Å². The molecule has 21 heavy (non-hydrogen) atoms. The van der Waals surface area contributed by atoms with Gasteiger partial charge in [-0.15, -0.1) is 0 Å². The van der Waals surface area contributed by atoms with Gasteiger partial charge in [-0.25, -0.2) is 0 Å². The zero-order valence-corrected chi connectivity index (χ0v) is 14.1. The van der Waals surface area contributed by atoms with Crippen molar-refractivity contribution in [1.82, 2.24) is 10.2 Å². The van der Waals surface area contributed by atoms with Crippen LogP contribution in [0.5, 0.6) is 0 Å². The number of likely N-dealkylation sites (N-methyl/N-ethyl adjacent to an activating group) is 2. The summed E-state index contributed by atoms with van der Waals surface area (Å²) in [5.41, 5.74) is 2.40. The second kappa shape index (κ2) is 8.14. The third-order valence-electron chi connectivity index (χ3n) is 4.19. The van der Waals surface area contributed by atoms with E-state index in [2.05, 4.69) is 43.1 Å². The third-order valence-corrected chi connectivity index (χ3v) is 4.54. The molecule has 1 N–H and O–H groups in total. The lowest BCUT2D eigenvalue weighted by molar-refractivity contribution is -0.0445. The average molecular weight is 311 g/mol. The van der Waals surface area contributed by atoms with Crippen molar-refractivity contribution in [2.24, 2.45) is 0 Å². The van der Waals surface area contributed by atoms with E-state index in [1.54, 1.807) is 0 Å². The van der Waals surface area contributed by atoms with Gasteiger partial charge in [0.25, 0.3) is 0 Å². The molecule has 0 amide bonds. The van der Waals surface area contributed by atoms with E-state index in [9.17, 15) is 0 Å². The summed E-state index contributed by atoms with van der Waals surface area (Å²) >= 11 is 6.39. The van der Waals surface area contributed by atoms with E-state index in [0.29, 0.717) is 6.04 Å². The highest BCUT2D eigenvalue weighted by Crippen LogP contribution is 2.21. The van der Waals surface area contributed by atoms with Gasteiger partial charge in [-0.1, -0.05) is 37.6 Å². The Hall–Kier alpha value is -0.610. The van der Waals surface area contributed by atoms with Crippen LogP contribution in [0.3, 0.4) is 0 Å². The Balaban J connectivity index is 2.07. The maximum Gasteiger partial charge on any atom is 0.0858 e. The quantitative estimate of drug-likeness (QED) is 0.874. The molecule has 0 aromatic heterocycles. The van der Waals surface area contributed by atoms with Crippen LogP contribution in [0.2, 0.25) is 5.02 Å². The minimum atomic E-state index is 0.232. The predicted octanol–water partition coefficient (Wildman–Crippen LogP) is 2.89. The summed E-state index contributed by atoms with van der Waals surface area (Å²) in [5.74, 6) is 0. The van der Waals surface area contributed by atoms with Crippen molar-refractivity contribution in [2.75, 3.05) is 32.8 Å². The zero-order valence-electron chi connectivity index (χ0n) is 13.4. The molecule has 1 aliphatic heterocycles. The molecule has 1 fully saturated rings. The molecule has 4 heteroatoms. The Morgan fingerprint density at radius 1 is 1.43 bits per heavy atom. The summed E-state index contributed by atoms with van der Waals surface area (Å²) in [4.78, 5) is 2.45. The monoisotopic (exact) mass is 310 g/mol. The predicted molar refractivity (Wildman–Crippen MR) is 89.2 cm³/mol. The summed E-state index contributed by atoms with van der Waals surface area (Å²) < 4.78 is 6.01. The van der Waals surface area contributed by atoms with Gasteiger partial charge in [-0.05, 0) is 43.6 Å². The molecule has 0 saturated carbocycles. The van der Waals surface area contributed by atoms with Gasteiger partial charge in [-0.3, -0.25) is 4.90 Å². The van der Waals surface area contributed by atoms with E-state index in [1.165, 1.54) is 11.1 Å². The van der Waals surface area contributed by atoms with E-state index in [4.69, 9.17) is 16.3 Å². The van der Waals surface area contributed by atoms with Gasteiger partial charge in [0.15, 0.2) is 0 Å². The van der Waals surface area contributed by atoms with Crippen molar-refractivity contribution in [3.8, 4) is 0 Å². The highest BCUT2D eigenvalue weighted by molar-refractivity contribution is 6.31. The molecule has 0 aliphatic carbocycles. The third kappa shape index (κ3) is 4.68. The Kier molecular flexibility index (Phi) is 6.49. The number of nitrogens with zero attached hydrogens (tertiary/aromatic N) is 1. The van der Waals surface area contributed by atoms with Crippen molar-refractivity contribution < 1.29 is 4.74 Å². The number of hydrogen-bond acceptors (Lipinski definition) is 3. The smallest absolute Gasteiger partial charge is 0.0858 e. The standard InChI is InChI=1S/C17H27ClN2O/c1-4-19-16(17-12-20(5-2)8-9-21-17)11-14-7-6-13(3)10-15(14)18/h6-7,10,16-17,19H,4-5,8-9,11-12H2,1-3H3. The lowest BCUT2D eigenvalue weighted by Crippen LogP contribution is -2.53. The van der Waals surface area contributed by atoms with Crippen LogP contribution in [-0.4, -0.2) is 49.8 Å². The molecule has 1 aromatic carbocycles. The molecule has 1 heterocycles. The summed E-state index contributed by atoms with van der Waals surface area (Å²) in [7, 11) is 0. The summed E-state index contributed by atoms with van der Waals surface area (Å²) in [5, 5.41) is 4.44. The number of benzene rings is 1. The normalized spacial score (nSPS) is 21.4. The Bertz CT molecular complexity index is 452. The molecule has 3 nitrogen and oxygen atoms in total. The number of hydrogen-bond donors (Lipinski definition) is 1. The topological polar surface area (TPSA) is 24.5 Å².